The van der Waals surface area contributed by atoms with Crippen LogP contribution in [0.1, 0.15) is 29.0 Å². The lowest BCUT2D eigenvalue weighted by molar-refractivity contribution is -0.121. The number of aromatic nitrogens is 1. The Morgan fingerprint density at radius 3 is 2.44 bits per heavy atom. The smallest absolute Gasteiger partial charge is 0.221 e. The van der Waals surface area contributed by atoms with Gasteiger partial charge >= 0.3 is 0 Å². The minimum absolute atomic E-state index is 0.000750. The molecule has 5 heteroatoms. The summed E-state index contributed by atoms with van der Waals surface area (Å²) in [4.78, 5) is 13.2. The Hall–Kier alpha value is -4.02. The van der Waals surface area contributed by atoms with E-state index in [2.05, 4.69) is 34.3 Å². The molecule has 5 rings (SSSR count). The van der Waals surface area contributed by atoms with Gasteiger partial charge in [-0.3, -0.25) is 4.79 Å². The van der Waals surface area contributed by atoms with Gasteiger partial charge in [0, 0.05) is 48.1 Å². The number of fused-ring (bicyclic) bond motifs is 1. The summed E-state index contributed by atoms with van der Waals surface area (Å²) in [5, 5.41) is 4.90. The van der Waals surface area contributed by atoms with Gasteiger partial charge in [0.15, 0.2) is 0 Å². The highest BCUT2D eigenvalue weighted by Crippen LogP contribution is 2.36. The van der Waals surface area contributed by atoms with E-state index in [1.165, 1.54) is 0 Å². The molecule has 180 valence electrons. The SMILES string of the molecule is Cn1cc(C(CC(=O)NCc2ccccc2)c2cccc(Oc3ccc(Cl)cc3)c2)c2ccccc21. The van der Waals surface area contributed by atoms with Crippen LogP contribution in [0.25, 0.3) is 10.9 Å². The average Bonchev–Trinajstić information content (AvgIpc) is 3.24. The van der Waals surface area contributed by atoms with Gasteiger partial charge in [-0.2, -0.15) is 0 Å². The zero-order valence-electron chi connectivity index (χ0n) is 20.0. The summed E-state index contributed by atoms with van der Waals surface area (Å²) < 4.78 is 8.22. The fourth-order valence-corrected chi connectivity index (χ4v) is 4.67. The Labute approximate surface area is 216 Å². The van der Waals surface area contributed by atoms with E-state index in [4.69, 9.17) is 16.3 Å². The van der Waals surface area contributed by atoms with Crippen molar-refractivity contribution in [3.63, 3.8) is 0 Å². The third-order valence-corrected chi connectivity index (χ3v) is 6.59. The van der Waals surface area contributed by atoms with Crippen LogP contribution in [-0.2, 0) is 18.4 Å². The van der Waals surface area contributed by atoms with Crippen molar-refractivity contribution in [3.8, 4) is 11.5 Å². The summed E-state index contributed by atoms with van der Waals surface area (Å²) in [5.41, 5.74) is 4.35. The second-order valence-corrected chi connectivity index (χ2v) is 9.30. The molecule has 0 saturated heterocycles. The van der Waals surface area contributed by atoms with Gasteiger partial charge in [0.25, 0.3) is 0 Å². The van der Waals surface area contributed by atoms with Crippen molar-refractivity contribution < 1.29 is 9.53 Å². The fraction of sp³-hybridized carbons (Fsp3) is 0.129. The van der Waals surface area contributed by atoms with Crippen LogP contribution in [0.2, 0.25) is 5.02 Å². The van der Waals surface area contributed by atoms with Crippen molar-refractivity contribution in [3.05, 3.63) is 131 Å². The van der Waals surface area contributed by atoms with Crippen LogP contribution in [0.5, 0.6) is 11.5 Å². The number of hydrogen-bond acceptors (Lipinski definition) is 2. The van der Waals surface area contributed by atoms with Gasteiger partial charge < -0.3 is 14.6 Å². The van der Waals surface area contributed by atoms with Crippen LogP contribution < -0.4 is 10.1 Å². The van der Waals surface area contributed by atoms with Crippen molar-refractivity contribution in [1.82, 2.24) is 9.88 Å². The quantitative estimate of drug-likeness (QED) is 0.243. The maximum absolute atomic E-state index is 13.2. The van der Waals surface area contributed by atoms with Crippen LogP contribution in [-0.4, -0.2) is 10.5 Å². The zero-order chi connectivity index (χ0) is 24.9. The number of carbonyl (C=O) groups is 1. The number of amides is 1. The van der Waals surface area contributed by atoms with Crippen molar-refractivity contribution in [1.29, 1.82) is 0 Å². The molecule has 0 saturated carbocycles. The molecule has 1 aromatic heterocycles. The number of benzene rings is 4. The van der Waals surface area contributed by atoms with Gasteiger partial charge in [-0.1, -0.05) is 72.3 Å². The Balaban J connectivity index is 1.46. The lowest BCUT2D eigenvalue weighted by Crippen LogP contribution is -2.25. The molecule has 1 amide bonds. The molecule has 0 aliphatic carbocycles. The topological polar surface area (TPSA) is 43.3 Å². The second kappa shape index (κ2) is 10.7. The van der Waals surface area contributed by atoms with E-state index in [0.29, 0.717) is 29.5 Å². The van der Waals surface area contributed by atoms with Gasteiger partial charge in [0.05, 0.1) is 0 Å². The number of halogens is 1. The zero-order valence-corrected chi connectivity index (χ0v) is 20.8. The maximum atomic E-state index is 13.2. The van der Waals surface area contributed by atoms with E-state index >= 15 is 0 Å². The first kappa shape index (κ1) is 23.7. The normalized spacial score (nSPS) is 11.8. The van der Waals surface area contributed by atoms with E-state index in [9.17, 15) is 4.79 Å². The molecule has 36 heavy (non-hydrogen) atoms. The van der Waals surface area contributed by atoms with E-state index in [0.717, 1.165) is 27.6 Å². The summed E-state index contributed by atoms with van der Waals surface area (Å²) >= 11 is 6.02. The summed E-state index contributed by atoms with van der Waals surface area (Å²) in [6.45, 7) is 0.502. The standard InChI is InChI=1S/C31H27ClN2O2/c1-34-21-29(27-12-5-6-13-30(27)34)28(19-31(35)33-20-22-8-3-2-4-9-22)23-10-7-11-26(18-23)36-25-16-14-24(32)15-17-25/h2-18,21,28H,19-20H2,1H3,(H,33,35). The highest BCUT2D eigenvalue weighted by molar-refractivity contribution is 6.30. The molecule has 1 heterocycles. The fourth-order valence-electron chi connectivity index (χ4n) is 4.55. The molecule has 0 fully saturated rings. The summed E-state index contributed by atoms with van der Waals surface area (Å²) in [5.74, 6) is 1.28. The van der Waals surface area contributed by atoms with Gasteiger partial charge in [0.2, 0.25) is 5.91 Å². The number of hydrogen-bond donors (Lipinski definition) is 1. The van der Waals surface area contributed by atoms with E-state index in [1.807, 2.05) is 79.8 Å². The van der Waals surface area contributed by atoms with E-state index in [1.54, 1.807) is 12.1 Å². The van der Waals surface area contributed by atoms with Gasteiger partial charge in [-0.15, -0.1) is 0 Å². The second-order valence-electron chi connectivity index (χ2n) is 8.86. The number of ether oxygens (including phenoxy) is 1. The first-order chi connectivity index (χ1) is 17.6. The summed E-state index contributed by atoms with van der Waals surface area (Å²) in [7, 11) is 2.04. The number of carbonyl (C=O) groups excluding carboxylic acids is 1. The minimum atomic E-state index is -0.138. The Bertz CT molecular complexity index is 1480. The van der Waals surface area contributed by atoms with Crippen LogP contribution in [0.3, 0.4) is 0 Å². The molecule has 5 aromatic rings. The van der Waals surface area contributed by atoms with Crippen molar-refractivity contribution in [2.45, 2.75) is 18.9 Å². The summed E-state index contributed by atoms with van der Waals surface area (Å²) in [6, 6.07) is 33.5. The number of rotatable bonds is 8. The van der Waals surface area contributed by atoms with Crippen LogP contribution in [0.4, 0.5) is 0 Å². The molecular formula is C31H27ClN2O2. The lowest BCUT2D eigenvalue weighted by Gasteiger charge is -2.18. The average molecular weight is 495 g/mol. The largest absolute Gasteiger partial charge is 0.457 e. The first-order valence-electron chi connectivity index (χ1n) is 11.9. The van der Waals surface area contributed by atoms with E-state index in [-0.39, 0.29) is 11.8 Å². The van der Waals surface area contributed by atoms with Crippen LogP contribution in [0.15, 0.2) is 109 Å². The van der Waals surface area contributed by atoms with Crippen molar-refractivity contribution >= 4 is 28.4 Å². The molecule has 1 atom stereocenters. The Morgan fingerprint density at radius 2 is 1.64 bits per heavy atom. The van der Waals surface area contributed by atoms with Gasteiger partial charge in [-0.05, 0) is 59.2 Å². The highest BCUT2D eigenvalue weighted by atomic mass is 35.5. The third kappa shape index (κ3) is 5.45. The van der Waals surface area contributed by atoms with Crippen molar-refractivity contribution in [2.24, 2.45) is 7.05 Å². The van der Waals surface area contributed by atoms with E-state index < -0.39 is 0 Å². The molecule has 1 N–H and O–H groups in total. The molecule has 0 aliphatic rings. The Kier molecular flexibility index (Phi) is 7.06. The number of aryl methyl sites for hydroxylation is 1. The maximum Gasteiger partial charge on any atom is 0.221 e. The van der Waals surface area contributed by atoms with Crippen LogP contribution in [0, 0.1) is 0 Å². The predicted molar refractivity (Wildman–Crippen MR) is 146 cm³/mol. The highest BCUT2D eigenvalue weighted by Gasteiger charge is 2.23. The molecule has 0 bridgehead atoms. The lowest BCUT2D eigenvalue weighted by atomic mass is 9.88. The van der Waals surface area contributed by atoms with Crippen molar-refractivity contribution in [2.75, 3.05) is 0 Å². The molecule has 4 nitrogen and oxygen atoms in total. The van der Waals surface area contributed by atoms with Crippen LogP contribution >= 0.6 is 11.6 Å². The molecule has 0 spiro atoms. The van der Waals surface area contributed by atoms with Gasteiger partial charge in [0.1, 0.15) is 11.5 Å². The molecule has 1 unspecified atom stereocenters. The molecular weight excluding hydrogens is 468 g/mol. The monoisotopic (exact) mass is 494 g/mol. The summed E-state index contributed by atoms with van der Waals surface area (Å²) in [6.07, 6.45) is 2.46. The number of nitrogens with zero attached hydrogens (tertiary/aromatic N) is 1. The first-order valence-corrected chi connectivity index (χ1v) is 12.3. The minimum Gasteiger partial charge on any atom is -0.457 e. The molecule has 4 aromatic carbocycles. The third-order valence-electron chi connectivity index (χ3n) is 6.34. The number of para-hydroxylation sites is 1. The molecule has 0 aliphatic heterocycles. The molecule has 0 radical (unpaired) electrons. The Morgan fingerprint density at radius 1 is 0.889 bits per heavy atom. The predicted octanol–water partition coefficient (Wildman–Crippen LogP) is 7.46. The van der Waals surface area contributed by atoms with Gasteiger partial charge in [-0.25, -0.2) is 0 Å². The number of nitrogens with one attached hydrogen (secondary N) is 1.